The summed E-state index contributed by atoms with van der Waals surface area (Å²) in [5.41, 5.74) is -3.63. The second kappa shape index (κ2) is 11.5. The van der Waals surface area contributed by atoms with Crippen molar-refractivity contribution in [3.63, 3.8) is 0 Å². The first-order valence-corrected chi connectivity index (χ1v) is 14.3. The molecule has 1 N–H and O–H groups in total. The smallest absolute Gasteiger partial charge is 0.243 e. The van der Waals surface area contributed by atoms with Gasteiger partial charge in [-0.25, -0.2) is 0 Å². The number of ether oxygens (including phenoxy) is 1. The second-order valence-electron chi connectivity index (χ2n) is 16.0. The number of piperazine rings is 2. The van der Waals surface area contributed by atoms with Crippen molar-refractivity contribution in [2.45, 2.75) is 155 Å². The molecular formula is C31H62N4O4W. The van der Waals surface area contributed by atoms with Crippen molar-refractivity contribution in [2.24, 2.45) is 0 Å². The van der Waals surface area contributed by atoms with Crippen LogP contribution in [0, 0.1) is 0 Å². The standard InChI is InChI=1S/C16H32N2O2.C15H30N2O2.W/c1-13(2)11-18(12(19)14(3,4)17(13)9)15(5,6)16(7,8)20-10;1-12(2)10-17(14(5,6)15(7,8)19)11(18)13(3,4)16(12)9;/h11H2,1-10H3;19H,10H2,1-9H3;. The quantitative estimate of drug-likeness (QED) is 0.452. The number of nitrogens with zero attached hydrogens (tertiary/aromatic N) is 4. The first-order chi connectivity index (χ1) is 16.9. The number of rotatable bonds is 5. The molecule has 236 valence electrons. The van der Waals surface area contributed by atoms with Gasteiger partial charge in [-0.05, 0) is 125 Å². The van der Waals surface area contributed by atoms with Gasteiger partial charge < -0.3 is 19.6 Å². The van der Waals surface area contributed by atoms with Crippen molar-refractivity contribution in [1.82, 2.24) is 19.6 Å². The maximum absolute atomic E-state index is 13.0. The SMILES string of the molecule is CN1C(C)(C)CN(C(C)(C)C(C)(C)O)C(=O)C1(C)C.COC(C)(C)C(C)(C)N1CC(C)(C)N(C)C(C)(C)C1=O.[W]. The first-order valence-electron chi connectivity index (χ1n) is 14.3. The van der Waals surface area contributed by atoms with Crippen molar-refractivity contribution in [3.05, 3.63) is 0 Å². The number of hydrogen-bond acceptors (Lipinski definition) is 6. The third kappa shape index (κ3) is 6.66. The van der Waals surface area contributed by atoms with Crippen molar-refractivity contribution in [2.75, 3.05) is 34.3 Å². The molecule has 2 saturated heterocycles. The van der Waals surface area contributed by atoms with E-state index in [1.165, 1.54) is 0 Å². The van der Waals surface area contributed by atoms with Crippen LogP contribution in [0.4, 0.5) is 0 Å². The number of carbonyl (C=O) groups excluding carboxylic acids is 2. The van der Waals surface area contributed by atoms with E-state index in [1.54, 1.807) is 21.0 Å². The Labute approximate surface area is 260 Å². The zero-order valence-electron chi connectivity index (χ0n) is 29.3. The van der Waals surface area contributed by atoms with E-state index >= 15 is 0 Å². The summed E-state index contributed by atoms with van der Waals surface area (Å²) in [6, 6.07) is 0. The molecule has 8 nitrogen and oxygen atoms in total. The molecule has 0 aromatic heterocycles. The van der Waals surface area contributed by atoms with Crippen molar-refractivity contribution >= 4 is 11.8 Å². The van der Waals surface area contributed by atoms with Gasteiger partial charge >= 0.3 is 0 Å². The van der Waals surface area contributed by atoms with Crippen LogP contribution in [-0.4, -0.2) is 115 Å². The average molecular weight is 739 g/mol. The molecular weight excluding hydrogens is 676 g/mol. The molecule has 0 unspecified atom stereocenters. The number of methoxy groups -OCH3 is 1. The van der Waals surface area contributed by atoms with Crippen LogP contribution in [0.3, 0.4) is 0 Å². The molecule has 0 spiro atoms. The topological polar surface area (TPSA) is 76.6 Å². The largest absolute Gasteiger partial charge is 0.388 e. The summed E-state index contributed by atoms with van der Waals surface area (Å²) in [5.74, 6) is 0.232. The summed E-state index contributed by atoms with van der Waals surface area (Å²) >= 11 is 0. The van der Waals surface area contributed by atoms with Crippen molar-refractivity contribution in [1.29, 1.82) is 0 Å². The van der Waals surface area contributed by atoms with Gasteiger partial charge in [0.05, 0.1) is 33.4 Å². The number of hydrogen-bond donors (Lipinski definition) is 1. The minimum absolute atomic E-state index is 0. The molecule has 0 radical (unpaired) electrons. The molecule has 40 heavy (non-hydrogen) atoms. The third-order valence-corrected chi connectivity index (χ3v) is 11.0. The summed E-state index contributed by atoms with van der Waals surface area (Å²) in [7, 11) is 5.73. The van der Waals surface area contributed by atoms with Gasteiger partial charge in [-0.1, -0.05) is 0 Å². The Balaban J connectivity index is 0.000000743. The first kappa shape index (κ1) is 39.5. The Morgan fingerprint density at radius 3 is 1.18 bits per heavy atom. The maximum Gasteiger partial charge on any atom is 0.243 e. The maximum atomic E-state index is 13.0. The minimum atomic E-state index is -0.954. The number of likely N-dealkylation sites (N-methyl/N-ethyl adjacent to an activating group) is 2. The fraction of sp³-hybridized carbons (Fsp3) is 0.935. The second-order valence-corrected chi connectivity index (χ2v) is 16.0. The molecule has 2 aliphatic rings. The molecule has 0 aromatic carbocycles. The summed E-state index contributed by atoms with van der Waals surface area (Å²) in [6.45, 7) is 33.5. The fourth-order valence-corrected chi connectivity index (χ4v) is 5.40. The van der Waals surface area contributed by atoms with E-state index in [1.807, 2.05) is 79.3 Å². The van der Waals surface area contributed by atoms with E-state index in [0.29, 0.717) is 13.1 Å². The molecule has 0 atom stereocenters. The van der Waals surface area contributed by atoms with E-state index < -0.39 is 27.8 Å². The summed E-state index contributed by atoms with van der Waals surface area (Å²) in [6.07, 6.45) is 0. The third-order valence-electron chi connectivity index (χ3n) is 11.0. The molecule has 2 aliphatic heterocycles. The monoisotopic (exact) mass is 738 g/mol. The zero-order valence-corrected chi connectivity index (χ0v) is 32.2. The minimum Gasteiger partial charge on any atom is -0.388 e. The van der Waals surface area contributed by atoms with Crippen LogP contribution >= 0.6 is 0 Å². The summed E-state index contributed by atoms with van der Waals surface area (Å²) < 4.78 is 5.66. The van der Waals surface area contributed by atoms with Crippen molar-refractivity contribution < 1.29 is 40.5 Å². The van der Waals surface area contributed by atoms with Crippen LogP contribution in [0.5, 0.6) is 0 Å². The van der Waals surface area contributed by atoms with Gasteiger partial charge in [0, 0.05) is 52.3 Å². The van der Waals surface area contributed by atoms with E-state index in [4.69, 9.17) is 4.74 Å². The molecule has 0 saturated carbocycles. The normalized spacial score (nSPS) is 23.8. The van der Waals surface area contributed by atoms with E-state index in [0.717, 1.165) is 0 Å². The van der Waals surface area contributed by atoms with Gasteiger partial charge in [0.1, 0.15) is 0 Å². The van der Waals surface area contributed by atoms with Crippen LogP contribution in [-0.2, 0) is 35.4 Å². The van der Waals surface area contributed by atoms with Crippen LogP contribution in [0.1, 0.15) is 111 Å². The molecule has 2 heterocycles. The number of amides is 2. The van der Waals surface area contributed by atoms with E-state index in [2.05, 4.69) is 51.3 Å². The molecule has 2 rings (SSSR count). The van der Waals surface area contributed by atoms with Crippen LogP contribution < -0.4 is 0 Å². The van der Waals surface area contributed by atoms with Crippen LogP contribution in [0.25, 0.3) is 0 Å². The average Bonchev–Trinajstić information content (AvgIpc) is 2.76. The van der Waals surface area contributed by atoms with Gasteiger partial charge in [0.2, 0.25) is 11.8 Å². The Morgan fingerprint density at radius 2 is 0.925 bits per heavy atom. The Kier molecular flexibility index (Phi) is 11.4. The number of carbonyl (C=O) groups is 2. The Morgan fingerprint density at radius 1 is 0.650 bits per heavy atom. The molecule has 0 bridgehead atoms. The van der Waals surface area contributed by atoms with Crippen LogP contribution in [0.2, 0.25) is 0 Å². The van der Waals surface area contributed by atoms with Gasteiger partial charge in [-0.15, -0.1) is 0 Å². The number of aliphatic hydroxyl groups is 1. The predicted molar refractivity (Wildman–Crippen MR) is 161 cm³/mol. The molecule has 9 heteroatoms. The molecule has 2 amide bonds. The predicted octanol–water partition coefficient (Wildman–Crippen LogP) is 4.39. The summed E-state index contributed by atoms with van der Waals surface area (Å²) in [5, 5.41) is 10.4. The van der Waals surface area contributed by atoms with Gasteiger partial charge in [0.25, 0.3) is 0 Å². The van der Waals surface area contributed by atoms with Gasteiger partial charge in [-0.3, -0.25) is 19.4 Å². The van der Waals surface area contributed by atoms with Gasteiger partial charge in [-0.2, -0.15) is 0 Å². The molecule has 0 aromatic rings. The van der Waals surface area contributed by atoms with E-state index in [-0.39, 0.29) is 49.5 Å². The Hall–Kier alpha value is -0.532. The van der Waals surface area contributed by atoms with Crippen LogP contribution in [0.15, 0.2) is 0 Å². The molecule has 0 aliphatic carbocycles. The fourth-order valence-electron chi connectivity index (χ4n) is 5.40. The zero-order chi connectivity index (χ0) is 31.6. The molecule has 2 fully saturated rings. The van der Waals surface area contributed by atoms with Gasteiger partial charge in [0.15, 0.2) is 0 Å². The summed E-state index contributed by atoms with van der Waals surface area (Å²) in [4.78, 5) is 33.9. The van der Waals surface area contributed by atoms with Crippen molar-refractivity contribution in [3.8, 4) is 0 Å². The van der Waals surface area contributed by atoms with E-state index in [9.17, 15) is 14.7 Å². The Bertz CT molecular complexity index is 932.